The second kappa shape index (κ2) is 5.37. The van der Waals surface area contributed by atoms with E-state index in [4.69, 9.17) is 4.74 Å². The number of carbonyl (C=O) groups is 1. The van der Waals surface area contributed by atoms with E-state index < -0.39 is 12.2 Å². The predicted octanol–water partition coefficient (Wildman–Crippen LogP) is 3.10. The zero-order chi connectivity index (χ0) is 15.0. The van der Waals surface area contributed by atoms with Crippen molar-refractivity contribution in [1.82, 2.24) is 4.90 Å². The molecule has 0 spiro atoms. The van der Waals surface area contributed by atoms with Gasteiger partial charge in [-0.05, 0) is 30.2 Å². The van der Waals surface area contributed by atoms with Crippen LogP contribution in [0.3, 0.4) is 0 Å². The van der Waals surface area contributed by atoms with E-state index >= 15 is 0 Å². The fraction of sp³-hybridized carbons (Fsp3) is 0.353. The van der Waals surface area contributed by atoms with Gasteiger partial charge in [0, 0.05) is 6.04 Å². The third-order valence-electron chi connectivity index (χ3n) is 3.98. The molecule has 1 N–H and O–H groups in total. The average Bonchev–Trinajstić information content (AvgIpc) is 2.88. The highest BCUT2D eigenvalue weighted by atomic mass is 16.6. The van der Waals surface area contributed by atoms with Crippen LogP contribution in [0.5, 0.6) is 0 Å². The summed E-state index contributed by atoms with van der Waals surface area (Å²) in [6.45, 7) is 4.29. The number of fused-ring (bicyclic) bond motifs is 1. The standard InChI is InChI=1S/C17H19NO3/c1-11(2)18-10-15(21-17(18)20)16(19)14-9-5-7-12-6-3-4-8-13(12)14/h3-9,11,15-16,19H,10H2,1-2H3. The van der Waals surface area contributed by atoms with E-state index in [9.17, 15) is 9.90 Å². The van der Waals surface area contributed by atoms with E-state index in [0.717, 1.165) is 16.3 Å². The van der Waals surface area contributed by atoms with Crippen LogP contribution in [0.1, 0.15) is 25.5 Å². The van der Waals surface area contributed by atoms with Crippen molar-refractivity contribution in [3.8, 4) is 0 Å². The van der Waals surface area contributed by atoms with Crippen LogP contribution in [-0.2, 0) is 4.74 Å². The lowest BCUT2D eigenvalue weighted by Crippen LogP contribution is -2.32. The molecule has 0 saturated carbocycles. The molecule has 1 aliphatic heterocycles. The van der Waals surface area contributed by atoms with Crippen molar-refractivity contribution < 1.29 is 14.6 Å². The van der Waals surface area contributed by atoms with Crippen LogP contribution in [0.4, 0.5) is 4.79 Å². The maximum atomic E-state index is 11.8. The average molecular weight is 285 g/mol. The molecule has 2 aromatic rings. The Morgan fingerprint density at radius 2 is 1.90 bits per heavy atom. The molecule has 1 amide bonds. The number of amides is 1. The zero-order valence-corrected chi connectivity index (χ0v) is 12.2. The zero-order valence-electron chi connectivity index (χ0n) is 12.2. The SMILES string of the molecule is CC(C)N1CC(C(O)c2cccc3ccccc23)OC1=O. The third-order valence-corrected chi connectivity index (χ3v) is 3.98. The highest BCUT2D eigenvalue weighted by molar-refractivity contribution is 5.86. The number of aliphatic hydroxyl groups is 1. The lowest BCUT2D eigenvalue weighted by atomic mass is 9.97. The number of cyclic esters (lactones) is 1. The number of hydrogen-bond donors (Lipinski definition) is 1. The van der Waals surface area contributed by atoms with E-state index in [1.807, 2.05) is 56.3 Å². The molecule has 0 aliphatic carbocycles. The molecule has 21 heavy (non-hydrogen) atoms. The smallest absolute Gasteiger partial charge is 0.410 e. The molecule has 4 heteroatoms. The Labute approximate surface area is 123 Å². The summed E-state index contributed by atoms with van der Waals surface area (Å²) in [4.78, 5) is 13.5. The minimum Gasteiger partial charge on any atom is -0.441 e. The van der Waals surface area contributed by atoms with Gasteiger partial charge in [0.2, 0.25) is 0 Å². The molecule has 3 rings (SSSR count). The Balaban J connectivity index is 1.91. The van der Waals surface area contributed by atoms with Gasteiger partial charge in [0.25, 0.3) is 0 Å². The van der Waals surface area contributed by atoms with Gasteiger partial charge in [-0.25, -0.2) is 4.79 Å². The number of benzene rings is 2. The predicted molar refractivity (Wildman–Crippen MR) is 81.0 cm³/mol. The number of ether oxygens (including phenoxy) is 1. The van der Waals surface area contributed by atoms with Crippen LogP contribution < -0.4 is 0 Å². The first-order valence-electron chi connectivity index (χ1n) is 7.21. The van der Waals surface area contributed by atoms with Crippen LogP contribution in [0.15, 0.2) is 42.5 Å². The Morgan fingerprint density at radius 1 is 1.19 bits per heavy atom. The Bertz CT molecular complexity index is 663. The summed E-state index contributed by atoms with van der Waals surface area (Å²) < 4.78 is 5.34. The first-order valence-corrected chi connectivity index (χ1v) is 7.21. The van der Waals surface area contributed by atoms with Gasteiger partial charge in [0.05, 0.1) is 6.54 Å². The normalized spacial score (nSPS) is 20.1. The highest BCUT2D eigenvalue weighted by Gasteiger charge is 2.38. The van der Waals surface area contributed by atoms with E-state index in [2.05, 4.69) is 0 Å². The van der Waals surface area contributed by atoms with Crippen molar-refractivity contribution in [2.45, 2.75) is 32.1 Å². The lowest BCUT2D eigenvalue weighted by Gasteiger charge is -2.20. The second-order valence-electron chi connectivity index (χ2n) is 5.68. The summed E-state index contributed by atoms with van der Waals surface area (Å²) in [6, 6.07) is 13.8. The molecule has 1 heterocycles. The molecule has 1 fully saturated rings. The molecular weight excluding hydrogens is 266 g/mol. The van der Waals surface area contributed by atoms with E-state index in [1.165, 1.54) is 0 Å². The van der Waals surface area contributed by atoms with Gasteiger partial charge in [0.15, 0.2) is 6.10 Å². The fourth-order valence-corrected chi connectivity index (χ4v) is 2.80. The van der Waals surface area contributed by atoms with Crippen LogP contribution in [0.25, 0.3) is 10.8 Å². The Kier molecular flexibility index (Phi) is 3.55. The molecular formula is C17H19NO3. The van der Waals surface area contributed by atoms with Gasteiger partial charge in [0.1, 0.15) is 6.10 Å². The van der Waals surface area contributed by atoms with Gasteiger partial charge in [-0.15, -0.1) is 0 Å². The highest BCUT2D eigenvalue weighted by Crippen LogP contribution is 2.30. The van der Waals surface area contributed by atoms with Crippen molar-refractivity contribution in [2.24, 2.45) is 0 Å². The Morgan fingerprint density at radius 3 is 2.62 bits per heavy atom. The van der Waals surface area contributed by atoms with Crippen LogP contribution in [-0.4, -0.2) is 34.8 Å². The summed E-state index contributed by atoms with van der Waals surface area (Å²) >= 11 is 0. The molecule has 2 atom stereocenters. The van der Waals surface area contributed by atoms with E-state index in [1.54, 1.807) is 4.90 Å². The number of aliphatic hydroxyl groups excluding tert-OH is 1. The molecule has 0 bridgehead atoms. The Hall–Kier alpha value is -2.07. The van der Waals surface area contributed by atoms with Crippen LogP contribution >= 0.6 is 0 Å². The molecule has 2 unspecified atom stereocenters. The first kappa shape index (κ1) is 13.9. The van der Waals surface area contributed by atoms with Crippen molar-refractivity contribution in [3.05, 3.63) is 48.0 Å². The maximum Gasteiger partial charge on any atom is 0.410 e. The molecule has 1 aliphatic rings. The first-order chi connectivity index (χ1) is 10.1. The van der Waals surface area contributed by atoms with E-state index in [-0.39, 0.29) is 12.1 Å². The monoisotopic (exact) mass is 285 g/mol. The minimum atomic E-state index is -0.816. The third kappa shape index (κ3) is 2.47. The van der Waals surface area contributed by atoms with Gasteiger partial charge < -0.3 is 14.7 Å². The molecule has 110 valence electrons. The summed E-state index contributed by atoms with van der Waals surface area (Å²) in [7, 11) is 0. The number of nitrogens with zero attached hydrogens (tertiary/aromatic N) is 1. The fourth-order valence-electron chi connectivity index (χ4n) is 2.80. The largest absolute Gasteiger partial charge is 0.441 e. The number of hydrogen-bond acceptors (Lipinski definition) is 3. The second-order valence-corrected chi connectivity index (χ2v) is 5.68. The van der Waals surface area contributed by atoms with Gasteiger partial charge in [-0.1, -0.05) is 42.5 Å². The van der Waals surface area contributed by atoms with Gasteiger partial charge in [-0.2, -0.15) is 0 Å². The van der Waals surface area contributed by atoms with Crippen molar-refractivity contribution in [1.29, 1.82) is 0 Å². The molecule has 1 saturated heterocycles. The maximum absolute atomic E-state index is 11.8. The summed E-state index contributed by atoms with van der Waals surface area (Å²) in [6.07, 6.45) is -1.69. The summed E-state index contributed by atoms with van der Waals surface area (Å²) in [5.41, 5.74) is 0.802. The van der Waals surface area contributed by atoms with Crippen molar-refractivity contribution >= 4 is 16.9 Å². The van der Waals surface area contributed by atoms with Gasteiger partial charge >= 0.3 is 6.09 Å². The lowest BCUT2D eigenvalue weighted by molar-refractivity contribution is 0.0327. The topological polar surface area (TPSA) is 49.8 Å². The molecule has 0 radical (unpaired) electrons. The molecule has 2 aromatic carbocycles. The van der Waals surface area contributed by atoms with Crippen LogP contribution in [0, 0.1) is 0 Å². The molecule has 0 aromatic heterocycles. The van der Waals surface area contributed by atoms with Crippen molar-refractivity contribution in [2.75, 3.05) is 6.54 Å². The van der Waals surface area contributed by atoms with E-state index in [0.29, 0.717) is 6.54 Å². The number of carbonyl (C=O) groups excluding carboxylic acids is 1. The van der Waals surface area contributed by atoms with Crippen molar-refractivity contribution in [3.63, 3.8) is 0 Å². The molecule has 4 nitrogen and oxygen atoms in total. The van der Waals surface area contributed by atoms with Gasteiger partial charge in [-0.3, -0.25) is 0 Å². The summed E-state index contributed by atoms with van der Waals surface area (Å²) in [5, 5.41) is 12.7. The quantitative estimate of drug-likeness (QED) is 0.942. The minimum absolute atomic E-state index is 0.0715. The summed E-state index contributed by atoms with van der Waals surface area (Å²) in [5.74, 6) is 0. The number of rotatable bonds is 3. The van der Waals surface area contributed by atoms with Crippen LogP contribution in [0.2, 0.25) is 0 Å².